The van der Waals surface area contributed by atoms with Gasteiger partial charge >= 0.3 is 0 Å². The molecule has 5 heteroatoms. The van der Waals surface area contributed by atoms with Gasteiger partial charge in [-0.1, -0.05) is 0 Å². The van der Waals surface area contributed by atoms with Crippen molar-refractivity contribution in [2.24, 2.45) is 0 Å². The van der Waals surface area contributed by atoms with Crippen LogP contribution in [0.25, 0.3) is 11.0 Å². The summed E-state index contributed by atoms with van der Waals surface area (Å²) in [4.78, 5) is 4.53. The number of ether oxygens (including phenoxy) is 1. The summed E-state index contributed by atoms with van der Waals surface area (Å²) in [6.45, 7) is 2.46. The third-order valence-corrected chi connectivity index (χ3v) is 4.32. The normalized spacial score (nSPS) is 18.9. The van der Waals surface area contributed by atoms with Crippen molar-refractivity contribution in [2.75, 3.05) is 12.8 Å². The van der Waals surface area contributed by atoms with E-state index in [2.05, 4.69) is 9.55 Å². The van der Waals surface area contributed by atoms with Gasteiger partial charge in [0.1, 0.15) is 11.9 Å². The molecule has 1 saturated carbocycles. The molecule has 3 N–H and O–H groups in total. The van der Waals surface area contributed by atoms with Crippen molar-refractivity contribution in [3.05, 3.63) is 24.0 Å². The van der Waals surface area contributed by atoms with Gasteiger partial charge in [0.15, 0.2) is 0 Å². The monoisotopic (exact) mass is 275 g/mol. The second-order valence-corrected chi connectivity index (χ2v) is 5.72. The van der Waals surface area contributed by atoms with Gasteiger partial charge in [-0.25, -0.2) is 4.98 Å². The summed E-state index contributed by atoms with van der Waals surface area (Å²) in [5.41, 5.74) is 8.21. The molecule has 1 aromatic heterocycles. The van der Waals surface area contributed by atoms with E-state index in [0.29, 0.717) is 11.5 Å². The minimum Gasteiger partial charge on any atom is -0.399 e. The number of nitrogen functional groups attached to an aromatic ring is 1. The van der Waals surface area contributed by atoms with E-state index in [-0.39, 0.29) is 5.60 Å². The summed E-state index contributed by atoms with van der Waals surface area (Å²) >= 11 is 0. The molecule has 1 heterocycles. The maximum atomic E-state index is 9.98. The van der Waals surface area contributed by atoms with Gasteiger partial charge in [-0.3, -0.25) is 0 Å². The molecule has 1 atom stereocenters. The molecule has 0 spiro atoms. The van der Waals surface area contributed by atoms with Crippen molar-refractivity contribution in [1.82, 2.24) is 9.55 Å². The number of anilines is 1. The Bertz CT molecular complexity index is 624. The van der Waals surface area contributed by atoms with Crippen LogP contribution in [0.4, 0.5) is 5.69 Å². The van der Waals surface area contributed by atoms with Crippen LogP contribution < -0.4 is 5.73 Å². The van der Waals surface area contributed by atoms with Gasteiger partial charge in [0.2, 0.25) is 0 Å². The lowest BCUT2D eigenvalue weighted by Gasteiger charge is -2.41. The number of hydrogen-bond donors (Lipinski definition) is 2. The Balaban J connectivity index is 2.09. The molecule has 0 saturated heterocycles. The first-order valence-corrected chi connectivity index (χ1v) is 7.03. The lowest BCUT2D eigenvalue weighted by atomic mass is 9.80. The average Bonchev–Trinajstić information content (AvgIpc) is 2.71. The molecule has 3 rings (SSSR count). The van der Waals surface area contributed by atoms with Crippen molar-refractivity contribution in [2.45, 2.75) is 44.4 Å². The number of nitrogens with zero attached hydrogens (tertiary/aromatic N) is 2. The Hall–Kier alpha value is -1.59. The number of rotatable bonds is 4. The zero-order chi connectivity index (χ0) is 14.3. The predicted octanol–water partition coefficient (Wildman–Crippen LogP) is 2.24. The van der Waals surface area contributed by atoms with E-state index in [1.165, 1.54) is 6.42 Å². The zero-order valence-corrected chi connectivity index (χ0v) is 12.0. The van der Waals surface area contributed by atoms with Crippen molar-refractivity contribution < 1.29 is 9.84 Å². The molecular weight excluding hydrogens is 254 g/mol. The number of hydrogen-bond acceptors (Lipinski definition) is 4. The largest absolute Gasteiger partial charge is 0.399 e. The minimum absolute atomic E-state index is 0.112. The number of aliphatic hydroxyl groups is 1. The summed E-state index contributed by atoms with van der Waals surface area (Å²) in [7, 11) is 1.76. The Morgan fingerprint density at radius 2 is 2.25 bits per heavy atom. The maximum absolute atomic E-state index is 9.98. The van der Waals surface area contributed by atoms with Crippen LogP contribution in [0.2, 0.25) is 0 Å². The number of benzene rings is 1. The van der Waals surface area contributed by atoms with Gasteiger partial charge in [0.05, 0.1) is 23.2 Å². The molecular formula is C15H21N3O2. The van der Waals surface area contributed by atoms with Gasteiger partial charge in [0, 0.05) is 12.8 Å². The van der Waals surface area contributed by atoms with E-state index in [4.69, 9.17) is 10.5 Å². The Morgan fingerprint density at radius 3 is 2.80 bits per heavy atom. The van der Waals surface area contributed by atoms with Gasteiger partial charge in [-0.15, -0.1) is 0 Å². The number of aromatic nitrogens is 2. The fourth-order valence-electron chi connectivity index (χ4n) is 2.94. The van der Waals surface area contributed by atoms with Crippen LogP contribution in [0.15, 0.2) is 18.2 Å². The highest BCUT2D eigenvalue weighted by Crippen LogP contribution is 2.38. The smallest absolute Gasteiger partial charge is 0.138 e. The molecule has 20 heavy (non-hydrogen) atoms. The van der Waals surface area contributed by atoms with E-state index >= 15 is 0 Å². The van der Waals surface area contributed by atoms with Gasteiger partial charge in [-0.05, 0) is 44.4 Å². The number of fused-ring (bicyclic) bond motifs is 1. The van der Waals surface area contributed by atoms with Crippen LogP contribution in [0, 0.1) is 0 Å². The van der Waals surface area contributed by atoms with E-state index in [0.717, 1.165) is 30.4 Å². The van der Waals surface area contributed by atoms with Crippen molar-refractivity contribution in [3.63, 3.8) is 0 Å². The molecule has 0 radical (unpaired) electrons. The number of imidazole rings is 1. The molecule has 5 nitrogen and oxygen atoms in total. The summed E-state index contributed by atoms with van der Waals surface area (Å²) in [5, 5.41) is 9.98. The third-order valence-electron chi connectivity index (χ3n) is 4.32. The Kier molecular flexibility index (Phi) is 3.18. The van der Waals surface area contributed by atoms with Crippen LogP contribution in [0.5, 0.6) is 0 Å². The summed E-state index contributed by atoms with van der Waals surface area (Å²) in [5.74, 6) is 0.675. The highest BCUT2D eigenvalue weighted by molar-refractivity contribution is 5.79. The summed E-state index contributed by atoms with van der Waals surface area (Å²) < 4.78 is 7.77. The van der Waals surface area contributed by atoms with Crippen molar-refractivity contribution in [1.29, 1.82) is 0 Å². The molecule has 1 fully saturated rings. The number of aliphatic hydroxyl groups excluding tert-OH is 1. The first-order chi connectivity index (χ1) is 9.54. The number of methoxy groups -OCH3 is 1. The molecule has 1 aliphatic rings. The molecule has 2 aromatic rings. The molecule has 0 aliphatic heterocycles. The van der Waals surface area contributed by atoms with Crippen molar-refractivity contribution >= 4 is 16.7 Å². The second kappa shape index (κ2) is 4.75. The lowest BCUT2D eigenvalue weighted by molar-refractivity contribution is -0.0838. The Labute approximate surface area is 118 Å². The minimum atomic E-state index is -0.613. The highest BCUT2D eigenvalue weighted by Gasteiger charge is 2.38. The zero-order valence-electron chi connectivity index (χ0n) is 12.0. The fraction of sp³-hybridized carbons (Fsp3) is 0.533. The topological polar surface area (TPSA) is 73.3 Å². The molecule has 1 unspecified atom stereocenters. The van der Waals surface area contributed by atoms with Crippen LogP contribution in [0.3, 0.4) is 0 Å². The van der Waals surface area contributed by atoms with E-state index in [1.807, 2.05) is 18.2 Å². The lowest BCUT2D eigenvalue weighted by Crippen LogP contribution is -2.43. The predicted molar refractivity (Wildman–Crippen MR) is 78.4 cm³/mol. The van der Waals surface area contributed by atoms with E-state index in [9.17, 15) is 5.11 Å². The van der Waals surface area contributed by atoms with Crippen LogP contribution >= 0.6 is 0 Å². The molecule has 0 amide bonds. The third kappa shape index (κ3) is 2.07. The van der Waals surface area contributed by atoms with E-state index < -0.39 is 6.10 Å². The fourth-order valence-corrected chi connectivity index (χ4v) is 2.94. The number of nitrogens with two attached hydrogens (primary N) is 1. The van der Waals surface area contributed by atoms with Crippen LogP contribution in [-0.2, 0) is 11.3 Å². The van der Waals surface area contributed by atoms with Gasteiger partial charge in [-0.2, -0.15) is 0 Å². The Morgan fingerprint density at radius 1 is 1.50 bits per heavy atom. The van der Waals surface area contributed by atoms with Gasteiger partial charge in [0.25, 0.3) is 0 Å². The van der Waals surface area contributed by atoms with E-state index in [1.54, 1.807) is 14.0 Å². The first kappa shape index (κ1) is 13.4. The standard InChI is InChI=1S/C15H21N3O2/c1-10(19)14-17-12-8-11(16)4-5-13(12)18(14)9-15(20-2)6-3-7-15/h4-5,8,10,19H,3,6-7,9,16H2,1-2H3. The highest BCUT2D eigenvalue weighted by atomic mass is 16.5. The molecule has 108 valence electrons. The first-order valence-electron chi connectivity index (χ1n) is 7.03. The molecule has 1 aromatic carbocycles. The summed E-state index contributed by atoms with van der Waals surface area (Å²) in [6, 6.07) is 5.68. The van der Waals surface area contributed by atoms with Crippen LogP contribution in [-0.4, -0.2) is 27.4 Å². The maximum Gasteiger partial charge on any atom is 0.138 e. The van der Waals surface area contributed by atoms with Crippen LogP contribution in [0.1, 0.15) is 38.1 Å². The molecule has 0 bridgehead atoms. The molecule has 1 aliphatic carbocycles. The average molecular weight is 275 g/mol. The quantitative estimate of drug-likeness (QED) is 0.839. The van der Waals surface area contributed by atoms with Crippen molar-refractivity contribution in [3.8, 4) is 0 Å². The SMILES string of the molecule is COC1(Cn2c(C(C)O)nc3cc(N)ccc32)CCC1. The summed E-state index contributed by atoms with van der Waals surface area (Å²) in [6.07, 6.45) is 2.68. The second-order valence-electron chi connectivity index (χ2n) is 5.72. The van der Waals surface area contributed by atoms with Gasteiger partial charge < -0.3 is 20.1 Å².